The summed E-state index contributed by atoms with van der Waals surface area (Å²) in [6.45, 7) is 18.3. The van der Waals surface area contributed by atoms with Gasteiger partial charge in [-0.1, -0.05) is 59.4 Å². The fourth-order valence-corrected chi connectivity index (χ4v) is 3.80. The summed E-state index contributed by atoms with van der Waals surface area (Å²) < 4.78 is 0. The molecule has 0 amide bonds. The minimum absolute atomic E-state index is 0.179. The highest BCUT2D eigenvalue weighted by molar-refractivity contribution is 5.70. The summed E-state index contributed by atoms with van der Waals surface area (Å²) in [5.41, 5.74) is 5.75. The first-order chi connectivity index (χ1) is 9.76. The Morgan fingerprint density at radius 1 is 1.24 bits per heavy atom. The zero-order chi connectivity index (χ0) is 15.8. The van der Waals surface area contributed by atoms with Crippen LogP contribution < -0.4 is 0 Å². The van der Waals surface area contributed by atoms with Crippen LogP contribution in [0.1, 0.15) is 76.5 Å². The summed E-state index contributed by atoms with van der Waals surface area (Å²) >= 11 is 0. The average Bonchev–Trinajstić information content (AvgIpc) is 2.77. The fourth-order valence-electron chi connectivity index (χ4n) is 3.80. The van der Waals surface area contributed by atoms with Gasteiger partial charge < -0.3 is 0 Å². The second kappa shape index (κ2) is 5.99. The summed E-state index contributed by atoms with van der Waals surface area (Å²) in [6.07, 6.45) is 3.84. The minimum Gasteiger partial charge on any atom is -0.0947 e. The highest BCUT2D eigenvalue weighted by Crippen LogP contribution is 2.44. The number of benzene rings is 1. The number of aryl methyl sites for hydroxylation is 1. The number of rotatable bonds is 4. The molecule has 1 fully saturated rings. The lowest BCUT2D eigenvalue weighted by Crippen LogP contribution is -2.13. The molecule has 1 aliphatic rings. The van der Waals surface area contributed by atoms with E-state index in [-0.39, 0.29) is 5.41 Å². The van der Waals surface area contributed by atoms with E-state index >= 15 is 0 Å². The molecule has 116 valence electrons. The SMILES string of the molecule is C=C(c1cc(C2CC(C)CC2C)ccc1C)C(C)(C)CC. The van der Waals surface area contributed by atoms with E-state index in [0.29, 0.717) is 0 Å². The Hall–Kier alpha value is -1.04. The van der Waals surface area contributed by atoms with Crippen molar-refractivity contribution in [2.45, 2.75) is 66.7 Å². The van der Waals surface area contributed by atoms with Gasteiger partial charge in [-0.2, -0.15) is 0 Å². The molecule has 2 rings (SSSR count). The van der Waals surface area contributed by atoms with E-state index in [1.165, 1.54) is 35.1 Å². The maximum atomic E-state index is 4.43. The normalized spacial score (nSPS) is 26.1. The van der Waals surface area contributed by atoms with Crippen molar-refractivity contribution >= 4 is 5.57 Å². The van der Waals surface area contributed by atoms with E-state index in [2.05, 4.69) is 66.3 Å². The first kappa shape index (κ1) is 16.3. The molecule has 0 nitrogen and oxygen atoms in total. The zero-order valence-corrected chi connectivity index (χ0v) is 14.8. The van der Waals surface area contributed by atoms with Crippen LogP contribution >= 0.6 is 0 Å². The standard InChI is InChI=1S/C21H32/c1-8-21(6,7)17(5)19-13-18(10-9-15(19)3)20-12-14(2)11-16(20)4/h9-10,13-14,16,20H,5,8,11-12H2,1-4,6-7H3. The molecule has 1 aromatic carbocycles. The lowest BCUT2D eigenvalue weighted by molar-refractivity contribution is 0.482. The van der Waals surface area contributed by atoms with Gasteiger partial charge in [-0.3, -0.25) is 0 Å². The van der Waals surface area contributed by atoms with E-state index in [1.54, 1.807) is 0 Å². The van der Waals surface area contributed by atoms with Gasteiger partial charge >= 0.3 is 0 Å². The third kappa shape index (κ3) is 3.25. The smallest absolute Gasteiger partial charge is 0.0106 e. The largest absolute Gasteiger partial charge is 0.0947 e. The highest BCUT2D eigenvalue weighted by Gasteiger charge is 2.30. The Bertz CT molecular complexity index is 521. The Labute approximate surface area is 131 Å². The van der Waals surface area contributed by atoms with Gasteiger partial charge in [0.05, 0.1) is 0 Å². The van der Waals surface area contributed by atoms with Crippen molar-refractivity contribution in [3.05, 3.63) is 41.5 Å². The summed E-state index contributed by atoms with van der Waals surface area (Å²) in [6, 6.07) is 7.09. The quantitative estimate of drug-likeness (QED) is 0.584. The summed E-state index contributed by atoms with van der Waals surface area (Å²) in [5, 5.41) is 0. The number of hydrogen-bond acceptors (Lipinski definition) is 0. The van der Waals surface area contributed by atoms with Crippen LogP contribution in [0.4, 0.5) is 0 Å². The van der Waals surface area contributed by atoms with Gasteiger partial charge in [0.15, 0.2) is 0 Å². The summed E-state index contributed by atoms with van der Waals surface area (Å²) in [7, 11) is 0. The molecule has 0 saturated heterocycles. The van der Waals surface area contributed by atoms with Crippen LogP contribution in [0.3, 0.4) is 0 Å². The van der Waals surface area contributed by atoms with Crippen molar-refractivity contribution in [2.24, 2.45) is 17.3 Å². The molecule has 0 spiro atoms. The first-order valence-electron chi connectivity index (χ1n) is 8.56. The van der Waals surface area contributed by atoms with Gasteiger partial charge in [0.2, 0.25) is 0 Å². The molecular weight excluding hydrogens is 252 g/mol. The van der Waals surface area contributed by atoms with Gasteiger partial charge in [0.1, 0.15) is 0 Å². The minimum atomic E-state index is 0.179. The molecule has 1 aliphatic carbocycles. The molecule has 21 heavy (non-hydrogen) atoms. The Morgan fingerprint density at radius 2 is 1.90 bits per heavy atom. The van der Waals surface area contributed by atoms with Crippen LogP contribution in [0, 0.1) is 24.2 Å². The maximum Gasteiger partial charge on any atom is -0.0106 e. The second-order valence-corrected chi connectivity index (χ2v) is 7.95. The van der Waals surface area contributed by atoms with Crippen molar-refractivity contribution in [2.75, 3.05) is 0 Å². The lowest BCUT2D eigenvalue weighted by atomic mass is 9.77. The van der Waals surface area contributed by atoms with Gasteiger partial charge in [0, 0.05) is 0 Å². The molecule has 0 bridgehead atoms. The van der Waals surface area contributed by atoms with Crippen molar-refractivity contribution in [1.29, 1.82) is 0 Å². The molecule has 0 N–H and O–H groups in total. The van der Waals surface area contributed by atoms with E-state index in [0.717, 1.165) is 24.2 Å². The van der Waals surface area contributed by atoms with Crippen LogP contribution in [0.2, 0.25) is 0 Å². The van der Waals surface area contributed by atoms with Crippen LogP contribution in [-0.4, -0.2) is 0 Å². The molecule has 3 unspecified atom stereocenters. The molecule has 0 radical (unpaired) electrons. The van der Waals surface area contributed by atoms with Crippen LogP contribution in [0.25, 0.3) is 5.57 Å². The molecule has 0 aliphatic heterocycles. The monoisotopic (exact) mass is 284 g/mol. The summed E-state index contributed by atoms with van der Waals surface area (Å²) in [5.74, 6) is 2.41. The van der Waals surface area contributed by atoms with E-state index < -0.39 is 0 Å². The number of hydrogen-bond donors (Lipinski definition) is 0. The van der Waals surface area contributed by atoms with Crippen molar-refractivity contribution in [1.82, 2.24) is 0 Å². The molecule has 0 heterocycles. The predicted molar refractivity (Wildman–Crippen MR) is 94.6 cm³/mol. The Balaban J connectivity index is 2.36. The third-order valence-electron chi connectivity index (χ3n) is 5.83. The highest BCUT2D eigenvalue weighted by atomic mass is 14.4. The number of allylic oxidation sites excluding steroid dienone is 1. The van der Waals surface area contributed by atoms with Crippen molar-refractivity contribution in [3.63, 3.8) is 0 Å². The molecule has 1 aromatic rings. The lowest BCUT2D eigenvalue weighted by Gasteiger charge is -2.28. The van der Waals surface area contributed by atoms with Crippen LogP contribution in [-0.2, 0) is 0 Å². The van der Waals surface area contributed by atoms with Gasteiger partial charge in [0.25, 0.3) is 0 Å². The first-order valence-corrected chi connectivity index (χ1v) is 8.56. The Morgan fingerprint density at radius 3 is 2.43 bits per heavy atom. The molecule has 0 heteroatoms. The second-order valence-electron chi connectivity index (χ2n) is 7.95. The summed E-state index contributed by atoms with van der Waals surface area (Å²) in [4.78, 5) is 0. The predicted octanol–water partition coefficient (Wildman–Crippen LogP) is 6.59. The third-order valence-corrected chi connectivity index (χ3v) is 5.83. The van der Waals surface area contributed by atoms with Crippen molar-refractivity contribution in [3.8, 4) is 0 Å². The maximum absolute atomic E-state index is 4.43. The topological polar surface area (TPSA) is 0 Å². The molecule has 0 aromatic heterocycles. The van der Waals surface area contributed by atoms with Gasteiger partial charge in [-0.25, -0.2) is 0 Å². The average molecular weight is 284 g/mol. The van der Waals surface area contributed by atoms with E-state index in [9.17, 15) is 0 Å². The molecular formula is C21H32. The van der Waals surface area contributed by atoms with Gasteiger partial charge in [-0.15, -0.1) is 0 Å². The van der Waals surface area contributed by atoms with Crippen molar-refractivity contribution < 1.29 is 0 Å². The van der Waals surface area contributed by atoms with Crippen LogP contribution in [0.5, 0.6) is 0 Å². The van der Waals surface area contributed by atoms with E-state index in [4.69, 9.17) is 0 Å². The molecule has 3 atom stereocenters. The fraction of sp³-hybridized carbons (Fsp3) is 0.619. The van der Waals surface area contributed by atoms with E-state index in [1.807, 2.05) is 0 Å². The Kier molecular flexibility index (Phi) is 4.66. The van der Waals surface area contributed by atoms with Crippen LogP contribution in [0.15, 0.2) is 24.8 Å². The zero-order valence-electron chi connectivity index (χ0n) is 14.8. The molecule has 1 saturated carbocycles. The van der Waals surface area contributed by atoms with Gasteiger partial charge in [-0.05, 0) is 71.6 Å².